The second-order valence-corrected chi connectivity index (χ2v) is 9.23. The highest BCUT2D eigenvalue weighted by atomic mass is 32.2. The normalized spacial score (nSPS) is 10.7. The molecule has 1 amide bonds. The van der Waals surface area contributed by atoms with Gasteiger partial charge in [0.1, 0.15) is 0 Å². The molecule has 7 nitrogen and oxygen atoms in total. The van der Waals surface area contributed by atoms with Crippen LogP contribution >= 0.6 is 23.1 Å². The number of thioether (sulfide) groups is 1. The smallest absolute Gasteiger partial charge is 0.230 e. The molecule has 3 rings (SSSR count). The van der Waals surface area contributed by atoms with Crippen LogP contribution in [0.1, 0.15) is 30.9 Å². The summed E-state index contributed by atoms with van der Waals surface area (Å²) in [6.07, 6.45) is 0. The van der Waals surface area contributed by atoms with E-state index in [0.29, 0.717) is 29.1 Å². The van der Waals surface area contributed by atoms with Gasteiger partial charge in [0.05, 0.1) is 20.0 Å². The summed E-state index contributed by atoms with van der Waals surface area (Å²) in [6, 6.07) is 13.8. The second kappa shape index (κ2) is 11.0. The van der Waals surface area contributed by atoms with Crippen molar-refractivity contribution in [1.29, 1.82) is 0 Å². The standard InChI is InChI=1S/C22H26N4O3S2/c1-14(2)16-6-8-17(9-7-16)24-21-25-26-22(31-21)30-13-20(27)23-12-15-5-10-18(28-3)19(11-15)29-4/h5-11,14H,12-13H2,1-4H3,(H,23,27)(H,24,25). The van der Waals surface area contributed by atoms with Crippen LogP contribution in [0.5, 0.6) is 11.5 Å². The Balaban J connectivity index is 1.46. The topological polar surface area (TPSA) is 85.4 Å². The van der Waals surface area contributed by atoms with Crippen molar-refractivity contribution in [3.05, 3.63) is 53.6 Å². The van der Waals surface area contributed by atoms with E-state index < -0.39 is 0 Å². The fraction of sp³-hybridized carbons (Fsp3) is 0.318. The Morgan fingerprint density at radius 3 is 2.48 bits per heavy atom. The Labute approximate surface area is 190 Å². The summed E-state index contributed by atoms with van der Waals surface area (Å²) in [5, 5.41) is 15.2. The largest absolute Gasteiger partial charge is 0.493 e. The van der Waals surface area contributed by atoms with E-state index >= 15 is 0 Å². The highest BCUT2D eigenvalue weighted by Crippen LogP contribution is 2.29. The zero-order valence-corrected chi connectivity index (χ0v) is 19.6. The number of ether oxygens (including phenoxy) is 2. The minimum atomic E-state index is -0.0752. The van der Waals surface area contributed by atoms with Crippen LogP contribution in [-0.2, 0) is 11.3 Å². The molecule has 1 aromatic heterocycles. The van der Waals surface area contributed by atoms with Crippen LogP contribution in [0.4, 0.5) is 10.8 Å². The van der Waals surface area contributed by atoms with Crippen molar-refractivity contribution in [3.63, 3.8) is 0 Å². The third kappa shape index (κ3) is 6.60. The predicted octanol–water partition coefficient (Wildman–Crippen LogP) is 4.83. The number of nitrogens with one attached hydrogen (secondary N) is 2. The third-order valence-corrected chi connectivity index (χ3v) is 6.47. The van der Waals surface area contributed by atoms with Gasteiger partial charge < -0.3 is 20.1 Å². The number of nitrogens with zero attached hydrogens (tertiary/aromatic N) is 2. The van der Waals surface area contributed by atoms with E-state index in [2.05, 4.69) is 46.8 Å². The number of rotatable bonds is 10. The molecule has 2 N–H and O–H groups in total. The van der Waals surface area contributed by atoms with Gasteiger partial charge >= 0.3 is 0 Å². The Morgan fingerprint density at radius 1 is 1.06 bits per heavy atom. The number of hydrogen-bond acceptors (Lipinski definition) is 8. The van der Waals surface area contributed by atoms with Crippen molar-refractivity contribution >= 4 is 39.8 Å². The lowest BCUT2D eigenvalue weighted by molar-refractivity contribution is -0.118. The maximum atomic E-state index is 12.2. The van der Waals surface area contributed by atoms with Crippen LogP contribution in [0.3, 0.4) is 0 Å². The molecule has 0 fully saturated rings. The van der Waals surface area contributed by atoms with E-state index in [-0.39, 0.29) is 11.7 Å². The van der Waals surface area contributed by atoms with E-state index in [1.807, 2.05) is 30.3 Å². The molecule has 1 heterocycles. The zero-order valence-electron chi connectivity index (χ0n) is 18.0. The lowest BCUT2D eigenvalue weighted by atomic mass is 10.0. The van der Waals surface area contributed by atoms with Crippen molar-refractivity contribution in [1.82, 2.24) is 15.5 Å². The molecule has 0 aliphatic rings. The summed E-state index contributed by atoms with van der Waals surface area (Å²) in [7, 11) is 3.18. The van der Waals surface area contributed by atoms with Crippen molar-refractivity contribution in [3.8, 4) is 11.5 Å². The molecule has 3 aromatic rings. The average molecular weight is 459 g/mol. The third-order valence-electron chi connectivity index (χ3n) is 4.50. The molecule has 0 aliphatic carbocycles. The van der Waals surface area contributed by atoms with Gasteiger partial charge in [0.25, 0.3) is 0 Å². The summed E-state index contributed by atoms with van der Waals surface area (Å²) >= 11 is 2.79. The van der Waals surface area contributed by atoms with Crippen molar-refractivity contribution in [2.45, 2.75) is 30.6 Å². The lowest BCUT2D eigenvalue weighted by Crippen LogP contribution is -2.24. The van der Waals surface area contributed by atoms with Crippen molar-refractivity contribution < 1.29 is 14.3 Å². The average Bonchev–Trinajstić information content (AvgIpc) is 3.23. The quantitative estimate of drug-likeness (QED) is 0.421. The number of anilines is 2. The van der Waals surface area contributed by atoms with Gasteiger partial charge in [-0.25, -0.2) is 0 Å². The number of methoxy groups -OCH3 is 2. The molecular weight excluding hydrogens is 432 g/mol. The summed E-state index contributed by atoms with van der Waals surface area (Å²) in [5.74, 6) is 1.98. The maximum absolute atomic E-state index is 12.2. The minimum absolute atomic E-state index is 0.0752. The number of benzene rings is 2. The first-order chi connectivity index (χ1) is 15.0. The number of hydrogen-bond donors (Lipinski definition) is 2. The van der Waals surface area contributed by atoms with Crippen LogP contribution in [0, 0.1) is 0 Å². The molecule has 0 bridgehead atoms. The fourth-order valence-electron chi connectivity index (χ4n) is 2.76. The number of aromatic nitrogens is 2. The fourth-order valence-corrected chi connectivity index (χ4v) is 4.37. The monoisotopic (exact) mass is 458 g/mol. The van der Waals surface area contributed by atoms with Gasteiger partial charge in [-0.3, -0.25) is 4.79 Å². The van der Waals surface area contributed by atoms with Gasteiger partial charge in [-0.05, 0) is 41.3 Å². The van der Waals surface area contributed by atoms with Crippen LogP contribution in [-0.4, -0.2) is 36.1 Å². The second-order valence-electron chi connectivity index (χ2n) is 7.03. The van der Waals surface area contributed by atoms with Crippen LogP contribution < -0.4 is 20.1 Å². The van der Waals surface area contributed by atoms with Gasteiger partial charge in [-0.2, -0.15) is 0 Å². The van der Waals surface area contributed by atoms with E-state index in [1.165, 1.54) is 28.7 Å². The predicted molar refractivity (Wildman–Crippen MR) is 126 cm³/mol. The Kier molecular flexibility index (Phi) is 8.13. The molecule has 0 saturated heterocycles. The molecule has 164 valence electrons. The summed E-state index contributed by atoms with van der Waals surface area (Å²) in [6.45, 7) is 4.75. The molecule has 31 heavy (non-hydrogen) atoms. The maximum Gasteiger partial charge on any atom is 0.230 e. The van der Waals surface area contributed by atoms with Gasteiger partial charge in [0, 0.05) is 12.2 Å². The van der Waals surface area contributed by atoms with Crippen LogP contribution in [0.15, 0.2) is 46.8 Å². The SMILES string of the molecule is COc1ccc(CNC(=O)CSc2nnc(Nc3ccc(C(C)C)cc3)s2)cc1OC. The highest BCUT2D eigenvalue weighted by Gasteiger charge is 2.10. The van der Waals surface area contributed by atoms with Gasteiger partial charge in [0.2, 0.25) is 11.0 Å². The number of carbonyl (C=O) groups excluding carboxylic acids is 1. The van der Waals surface area contributed by atoms with E-state index in [4.69, 9.17) is 9.47 Å². The number of carbonyl (C=O) groups is 1. The van der Waals surface area contributed by atoms with E-state index in [1.54, 1.807) is 14.2 Å². The van der Waals surface area contributed by atoms with Gasteiger partial charge in [-0.1, -0.05) is 55.1 Å². The minimum Gasteiger partial charge on any atom is -0.493 e. The lowest BCUT2D eigenvalue weighted by Gasteiger charge is -2.10. The first-order valence-corrected chi connectivity index (χ1v) is 11.6. The van der Waals surface area contributed by atoms with Gasteiger partial charge in [-0.15, -0.1) is 10.2 Å². The molecule has 0 unspecified atom stereocenters. The first kappa shape index (κ1) is 22.9. The van der Waals surface area contributed by atoms with E-state index in [0.717, 1.165) is 15.6 Å². The van der Waals surface area contributed by atoms with Crippen LogP contribution in [0.2, 0.25) is 0 Å². The molecule has 0 aliphatic heterocycles. The Morgan fingerprint density at radius 2 is 1.81 bits per heavy atom. The van der Waals surface area contributed by atoms with Gasteiger partial charge in [0.15, 0.2) is 15.8 Å². The van der Waals surface area contributed by atoms with Crippen LogP contribution in [0.25, 0.3) is 0 Å². The van der Waals surface area contributed by atoms with E-state index in [9.17, 15) is 4.79 Å². The zero-order chi connectivity index (χ0) is 22.2. The first-order valence-electron chi connectivity index (χ1n) is 9.79. The Hall–Kier alpha value is -2.78. The Bertz CT molecular complexity index is 1010. The highest BCUT2D eigenvalue weighted by molar-refractivity contribution is 8.01. The summed E-state index contributed by atoms with van der Waals surface area (Å²) in [4.78, 5) is 12.2. The summed E-state index contributed by atoms with van der Waals surface area (Å²) < 4.78 is 11.3. The molecular formula is C22H26N4O3S2. The molecule has 0 radical (unpaired) electrons. The van der Waals surface area contributed by atoms with Crippen molar-refractivity contribution in [2.75, 3.05) is 25.3 Å². The molecule has 0 atom stereocenters. The molecule has 0 saturated carbocycles. The van der Waals surface area contributed by atoms with Crippen molar-refractivity contribution in [2.24, 2.45) is 0 Å². The molecule has 2 aromatic carbocycles. The molecule has 0 spiro atoms. The summed E-state index contributed by atoms with van der Waals surface area (Å²) in [5.41, 5.74) is 3.19. The number of amides is 1. The molecule has 9 heteroatoms.